The molecule has 0 aliphatic heterocycles. The van der Waals surface area contributed by atoms with E-state index in [0.717, 1.165) is 5.69 Å². The molecule has 0 unspecified atom stereocenters. The molecular formula is C6H9N3O. The van der Waals surface area contributed by atoms with Gasteiger partial charge in [-0.1, -0.05) is 5.18 Å². The fourth-order valence-electron chi connectivity index (χ4n) is 0.807. The van der Waals surface area contributed by atoms with E-state index in [9.17, 15) is 4.91 Å². The van der Waals surface area contributed by atoms with Crippen molar-refractivity contribution in [2.75, 3.05) is 6.54 Å². The van der Waals surface area contributed by atoms with Crippen molar-refractivity contribution >= 4 is 0 Å². The molecule has 0 atom stereocenters. The predicted octanol–water partition coefficient (Wildman–Crippen LogP) is 0.729. The normalized spacial score (nSPS) is 9.70. The molecule has 1 rings (SSSR count). The topological polar surface area (TPSA) is 47.2 Å². The van der Waals surface area contributed by atoms with Gasteiger partial charge in [-0.3, -0.25) is 4.68 Å². The van der Waals surface area contributed by atoms with Gasteiger partial charge >= 0.3 is 0 Å². The Morgan fingerprint density at radius 2 is 2.60 bits per heavy atom. The molecule has 0 fully saturated rings. The second-order valence-corrected chi connectivity index (χ2v) is 2.05. The average molecular weight is 139 g/mol. The largest absolute Gasteiger partial charge is 0.273 e. The lowest BCUT2D eigenvalue weighted by atomic mass is 10.3. The van der Waals surface area contributed by atoms with Crippen LogP contribution in [-0.4, -0.2) is 16.3 Å². The van der Waals surface area contributed by atoms with Crippen LogP contribution >= 0.6 is 0 Å². The first-order valence-corrected chi connectivity index (χ1v) is 3.10. The third kappa shape index (κ3) is 1.40. The monoisotopic (exact) mass is 139 g/mol. The number of aromatic nitrogens is 2. The fraction of sp³-hybridized carbons (Fsp3) is 0.500. The van der Waals surface area contributed by atoms with E-state index >= 15 is 0 Å². The van der Waals surface area contributed by atoms with E-state index < -0.39 is 0 Å². The molecule has 0 radical (unpaired) electrons. The molecule has 0 aliphatic carbocycles. The first kappa shape index (κ1) is 6.92. The van der Waals surface area contributed by atoms with Gasteiger partial charge in [0.1, 0.15) is 0 Å². The summed E-state index contributed by atoms with van der Waals surface area (Å²) in [5.74, 6) is 0. The van der Waals surface area contributed by atoms with Crippen LogP contribution in [0.5, 0.6) is 0 Å². The van der Waals surface area contributed by atoms with Crippen molar-refractivity contribution in [1.82, 2.24) is 9.78 Å². The van der Waals surface area contributed by atoms with Crippen LogP contribution in [0.3, 0.4) is 0 Å². The summed E-state index contributed by atoms with van der Waals surface area (Å²) in [7, 11) is 1.85. The number of nitrogens with zero attached hydrogens (tertiary/aromatic N) is 3. The number of hydrogen-bond acceptors (Lipinski definition) is 3. The number of hydrogen-bond donors (Lipinski definition) is 0. The Balaban J connectivity index is 2.56. The Hall–Kier alpha value is -1.19. The van der Waals surface area contributed by atoms with Crippen LogP contribution in [0.25, 0.3) is 0 Å². The van der Waals surface area contributed by atoms with Crippen molar-refractivity contribution in [1.29, 1.82) is 0 Å². The zero-order valence-electron chi connectivity index (χ0n) is 5.82. The van der Waals surface area contributed by atoms with Crippen LogP contribution < -0.4 is 0 Å². The summed E-state index contributed by atoms with van der Waals surface area (Å²) in [6.07, 6.45) is 2.39. The molecule has 4 nitrogen and oxygen atoms in total. The molecule has 0 bridgehead atoms. The summed E-state index contributed by atoms with van der Waals surface area (Å²) in [4.78, 5) is 9.73. The van der Waals surface area contributed by atoms with Gasteiger partial charge < -0.3 is 0 Å². The lowest BCUT2D eigenvalue weighted by molar-refractivity contribution is 0.706. The van der Waals surface area contributed by atoms with Crippen molar-refractivity contribution in [2.45, 2.75) is 6.42 Å². The highest BCUT2D eigenvalue weighted by Gasteiger charge is 1.95. The Bertz CT molecular complexity index is 219. The van der Waals surface area contributed by atoms with Gasteiger partial charge in [-0.2, -0.15) is 10.0 Å². The molecule has 54 valence electrons. The summed E-state index contributed by atoms with van der Waals surface area (Å²) in [5.41, 5.74) is 1.04. The summed E-state index contributed by atoms with van der Waals surface area (Å²) >= 11 is 0. The van der Waals surface area contributed by atoms with Gasteiger partial charge in [0.25, 0.3) is 0 Å². The van der Waals surface area contributed by atoms with Crippen molar-refractivity contribution in [2.24, 2.45) is 12.2 Å². The number of nitroso groups, excluding NO2 is 1. The van der Waals surface area contributed by atoms with E-state index in [0.29, 0.717) is 13.0 Å². The molecule has 0 aromatic carbocycles. The third-order valence-corrected chi connectivity index (χ3v) is 1.38. The minimum Gasteiger partial charge on any atom is -0.273 e. The predicted molar refractivity (Wildman–Crippen MR) is 37.6 cm³/mol. The molecule has 1 aromatic heterocycles. The minimum atomic E-state index is 0.333. The first-order chi connectivity index (χ1) is 4.84. The van der Waals surface area contributed by atoms with Gasteiger partial charge in [0, 0.05) is 25.4 Å². The fourth-order valence-corrected chi connectivity index (χ4v) is 0.807. The quantitative estimate of drug-likeness (QED) is 0.579. The van der Waals surface area contributed by atoms with Crippen LogP contribution in [0.1, 0.15) is 5.69 Å². The molecule has 0 saturated heterocycles. The Labute approximate surface area is 58.8 Å². The van der Waals surface area contributed by atoms with Gasteiger partial charge in [0.15, 0.2) is 0 Å². The molecule has 0 amide bonds. The maximum Gasteiger partial charge on any atom is 0.0866 e. The molecule has 0 N–H and O–H groups in total. The van der Waals surface area contributed by atoms with E-state index in [1.54, 1.807) is 10.9 Å². The number of aryl methyl sites for hydroxylation is 1. The SMILES string of the molecule is Cn1nccc1CCN=O. The van der Waals surface area contributed by atoms with Crippen LogP contribution in [0, 0.1) is 4.91 Å². The summed E-state index contributed by atoms with van der Waals surface area (Å²) in [6, 6.07) is 1.88. The highest BCUT2D eigenvalue weighted by Crippen LogP contribution is 1.96. The second-order valence-electron chi connectivity index (χ2n) is 2.05. The second kappa shape index (κ2) is 3.10. The van der Waals surface area contributed by atoms with E-state index in [1.807, 2.05) is 13.1 Å². The summed E-state index contributed by atoms with van der Waals surface area (Å²) in [5, 5.41) is 6.70. The summed E-state index contributed by atoms with van der Waals surface area (Å²) in [6.45, 7) is 0.333. The maximum absolute atomic E-state index is 9.73. The van der Waals surface area contributed by atoms with Crippen LogP contribution in [-0.2, 0) is 13.5 Å². The molecule has 0 saturated carbocycles. The zero-order valence-corrected chi connectivity index (χ0v) is 5.82. The van der Waals surface area contributed by atoms with Gasteiger partial charge in [-0.25, -0.2) is 0 Å². The smallest absolute Gasteiger partial charge is 0.0866 e. The lowest BCUT2D eigenvalue weighted by Gasteiger charge is -1.95. The highest BCUT2D eigenvalue weighted by atomic mass is 16.3. The molecule has 1 heterocycles. The molecule has 1 aromatic rings. The molecule has 0 spiro atoms. The van der Waals surface area contributed by atoms with Gasteiger partial charge in [-0.15, -0.1) is 0 Å². The van der Waals surface area contributed by atoms with E-state index in [-0.39, 0.29) is 0 Å². The lowest BCUT2D eigenvalue weighted by Crippen LogP contribution is -1.99. The van der Waals surface area contributed by atoms with E-state index in [1.165, 1.54) is 0 Å². The van der Waals surface area contributed by atoms with Crippen molar-refractivity contribution in [3.05, 3.63) is 22.9 Å². The first-order valence-electron chi connectivity index (χ1n) is 3.10. The molecule has 4 heteroatoms. The zero-order chi connectivity index (χ0) is 7.40. The van der Waals surface area contributed by atoms with Crippen molar-refractivity contribution in [3.63, 3.8) is 0 Å². The Morgan fingerprint density at radius 3 is 3.10 bits per heavy atom. The van der Waals surface area contributed by atoms with Crippen LogP contribution in [0.2, 0.25) is 0 Å². The minimum absolute atomic E-state index is 0.333. The highest BCUT2D eigenvalue weighted by molar-refractivity contribution is 5.00. The summed E-state index contributed by atoms with van der Waals surface area (Å²) < 4.78 is 1.74. The molecule has 10 heavy (non-hydrogen) atoms. The van der Waals surface area contributed by atoms with Crippen molar-refractivity contribution in [3.8, 4) is 0 Å². The van der Waals surface area contributed by atoms with E-state index in [4.69, 9.17) is 0 Å². The molecule has 0 aliphatic rings. The maximum atomic E-state index is 9.73. The Kier molecular flexibility index (Phi) is 2.15. The van der Waals surface area contributed by atoms with Crippen molar-refractivity contribution < 1.29 is 0 Å². The third-order valence-electron chi connectivity index (χ3n) is 1.38. The van der Waals surface area contributed by atoms with Gasteiger partial charge in [0.05, 0.1) is 6.54 Å². The number of rotatable bonds is 3. The van der Waals surface area contributed by atoms with Gasteiger partial charge in [-0.05, 0) is 6.07 Å². The van der Waals surface area contributed by atoms with Crippen LogP contribution in [0.15, 0.2) is 17.4 Å². The van der Waals surface area contributed by atoms with E-state index in [2.05, 4.69) is 10.3 Å². The molecular weight excluding hydrogens is 130 g/mol. The Morgan fingerprint density at radius 1 is 1.80 bits per heavy atom. The average Bonchev–Trinajstić information content (AvgIpc) is 2.31. The standard InChI is InChI=1S/C6H9N3O/c1-9-6(2-4-7-9)3-5-8-10/h2,4H,3,5H2,1H3. The van der Waals surface area contributed by atoms with Gasteiger partial charge in [0.2, 0.25) is 0 Å². The van der Waals surface area contributed by atoms with Crippen LogP contribution in [0.4, 0.5) is 0 Å².